The van der Waals surface area contributed by atoms with Crippen molar-refractivity contribution >= 4 is 5.97 Å². The van der Waals surface area contributed by atoms with Crippen LogP contribution in [-0.4, -0.2) is 167 Å². The summed E-state index contributed by atoms with van der Waals surface area (Å²) in [6.07, 6.45) is -11.1. The number of esters is 1. The molecule has 3 heterocycles. The quantitative estimate of drug-likeness (QED) is 0.168. The average molecular weight is 695 g/mol. The Bertz CT molecular complexity index is 1020. The van der Waals surface area contributed by atoms with Gasteiger partial charge in [0.1, 0.15) is 31.0 Å². The summed E-state index contributed by atoms with van der Waals surface area (Å²) in [5.74, 6) is -2.60. The highest BCUT2D eigenvalue weighted by Gasteiger charge is 2.51. The van der Waals surface area contributed by atoms with E-state index in [1.807, 2.05) is 25.9 Å². The van der Waals surface area contributed by atoms with E-state index in [-0.39, 0.29) is 31.5 Å². The highest BCUT2D eigenvalue weighted by Crippen LogP contribution is 2.39. The molecule has 48 heavy (non-hydrogen) atoms. The Morgan fingerprint density at radius 1 is 0.917 bits per heavy atom. The second-order valence-electron chi connectivity index (χ2n) is 14.9. The zero-order valence-corrected chi connectivity index (χ0v) is 30.2. The summed E-state index contributed by atoms with van der Waals surface area (Å²) in [5, 5.41) is 69.0. The lowest BCUT2D eigenvalue weighted by Gasteiger charge is -2.48. The maximum Gasteiger partial charge on any atom is 0.311 e. The summed E-state index contributed by atoms with van der Waals surface area (Å²) in [4.78, 5) is 15.5. The molecule has 3 rings (SSSR count). The van der Waals surface area contributed by atoms with Crippen molar-refractivity contribution in [1.29, 1.82) is 0 Å². The maximum absolute atomic E-state index is 13.6. The van der Waals surface area contributed by atoms with Gasteiger partial charge in [0.2, 0.25) is 0 Å². The van der Waals surface area contributed by atoms with Crippen LogP contribution in [0.25, 0.3) is 0 Å². The van der Waals surface area contributed by atoms with Crippen LogP contribution in [0.15, 0.2) is 0 Å². The number of rotatable bonds is 6. The SMILES string of the molecule is CO[C@]1(C)C[C@H](O[C@H]2[C@H](C)[C@@H](O[C@@H]3O[C@H](C)C[C@H](N(C)C)[C@H]3O)[C@](C)(O)C[C@@H](C)NC[C@H](O)[C@@H](O)[C@H](O)COC(=O)[C@@H]2C)O[C@@H](C)[C@@H]1O. The van der Waals surface area contributed by atoms with E-state index in [2.05, 4.69) is 5.32 Å². The van der Waals surface area contributed by atoms with Gasteiger partial charge in [-0.3, -0.25) is 4.79 Å². The van der Waals surface area contributed by atoms with Crippen LogP contribution in [0.3, 0.4) is 0 Å². The van der Waals surface area contributed by atoms with Gasteiger partial charge in [0, 0.05) is 38.1 Å². The van der Waals surface area contributed by atoms with Gasteiger partial charge in [0.05, 0.1) is 47.6 Å². The topological polar surface area (TPSA) is 209 Å². The summed E-state index contributed by atoms with van der Waals surface area (Å²) < 4.78 is 36.3. The minimum Gasteiger partial charge on any atom is -0.463 e. The Labute approximate surface area is 284 Å². The molecule has 0 amide bonds. The molecule has 3 aliphatic rings. The Balaban J connectivity index is 2.07. The molecule has 0 aromatic rings. The molecule has 0 aromatic heterocycles. The van der Waals surface area contributed by atoms with Gasteiger partial charge in [0.25, 0.3) is 0 Å². The Morgan fingerprint density at radius 3 is 2.17 bits per heavy atom. The van der Waals surface area contributed by atoms with E-state index in [1.54, 1.807) is 41.5 Å². The first-order chi connectivity index (χ1) is 22.2. The summed E-state index contributed by atoms with van der Waals surface area (Å²) in [5.41, 5.74) is -2.67. The van der Waals surface area contributed by atoms with Crippen molar-refractivity contribution in [2.45, 2.75) is 159 Å². The number of carbonyl (C=O) groups excluding carboxylic acids is 1. The van der Waals surface area contributed by atoms with Crippen molar-refractivity contribution in [3.05, 3.63) is 0 Å². The number of nitrogens with one attached hydrogen (secondary N) is 1. The van der Waals surface area contributed by atoms with E-state index in [0.717, 1.165) is 0 Å². The van der Waals surface area contributed by atoms with Crippen LogP contribution < -0.4 is 5.32 Å². The van der Waals surface area contributed by atoms with Gasteiger partial charge in [-0.15, -0.1) is 0 Å². The summed E-state index contributed by atoms with van der Waals surface area (Å²) in [6, 6.07) is -0.730. The minimum absolute atomic E-state index is 0.0688. The van der Waals surface area contributed by atoms with Crippen LogP contribution in [0.1, 0.15) is 67.7 Å². The molecule has 0 saturated carbocycles. The van der Waals surface area contributed by atoms with E-state index >= 15 is 0 Å². The van der Waals surface area contributed by atoms with E-state index in [9.17, 15) is 35.4 Å². The first-order valence-corrected chi connectivity index (χ1v) is 17.1. The van der Waals surface area contributed by atoms with Crippen LogP contribution in [0, 0.1) is 11.8 Å². The fourth-order valence-electron chi connectivity index (χ4n) is 7.31. The number of aliphatic hydroxyl groups is 6. The third-order valence-electron chi connectivity index (χ3n) is 10.4. The standard InChI is InChI=1S/C33H62N2O13/c1-16-12-32(6,42)29(48-31-25(38)21(35(8)9)11-17(2)45-31)18(3)27(47-24-13-33(7,43-10)28(40)20(5)46-24)19(4)30(41)44-15-23(37)26(39)22(36)14-34-16/h16-29,31,34,36-40,42H,11-15H2,1-10H3/t16-,17-,18+,19-,20+,21+,22+,23-,24+,25-,26-,27+,28+,29-,31+,32-,33-/m1/s1. The summed E-state index contributed by atoms with van der Waals surface area (Å²) >= 11 is 0. The predicted molar refractivity (Wildman–Crippen MR) is 173 cm³/mol. The molecular weight excluding hydrogens is 632 g/mol. The molecule has 3 fully saturated rings. The number of aliphatic hydroxyl groups excluding tert-OH is 5. The monoisotopic (exact) mass is 694 g/mol. The lowest BCUT2D eigenvalue weighted by Crippen LogP contribution is -2.60. The highest BCUT2D eigenvalue weighted by atomic mass is 16.7. The number of β-amino-alcohol motifs (C(OH)–C–C–N with tert-alkyl or cyclic N) is 1. The molecule has 0 aliphatic carbocycles. The number of methoxy groups -OCH3 is 1. The van der Waals surface area contributed by atoms with E-state index < -0.39 is 103 Å². The number of nitrogens with zero attached hydrogens (tertiary/aromatic N) is 1. The third-order valence-corrected chi connectivity index (χ3v) is 10.4. The van der Waals surface area contributed by atoms with Gasteiger partial charge in [0.15, 0.2) is 12.6 Å². The number of hydrogen-bond donors (Lipinski definition) is 7. The Kier molecular flexibility index (Phi) is 14.6. The van der Waals surface area contributed by atoms with Crippen molar-refractivity contribution in [3.8, 4) is 0 Å². The Hall–Kier alpha value is -1.05. The minimum atomic E-state index is -1.64. The van der Waals surface area contributed by atoms with Gasteiger partial charge in [-0.1, -0.05) is 6.92 Å². The zero-order valence-electron chi connectivity index (χ0n) is 30.2. The summed E-state index contributed by atoms with van der Waals surface area (Å²) in [6.45, 7) is 11.3. The number of carbonyl (C=O) groups is 1. The molecule has 15 heteroatoms. The fourth-order valence-corrected chi connectivity index (χ4v) is 7.31. The van der Waals surface area contributed by atoms with Gasteiger partial charge in [-0.05, 0) is 68.5 Å². The predicted octanol–water partition coefficient (Wildman–Crippen LogP) is -0.885. The van der Waals surface area contributed by atoms with Crippen molar-refractivity contribution in [3.63, 3.8) is 0 Å². The molecule has 7 N–H and O–H groups in total. The van der Waals surface area contributed by atoms with Gasteiger partial charge < -0.3 is 69.3 Å². The van der Waals surface area contributed by atoms with Gasteiger partial charge in [-0.25, -0.2) is 0 Å². The van der Waals surface area contributed by atoms with Gasteiger partial charge >= 0.3 is 5.97 Å². The van der Waals surface area contributed by atoms with Crippen LogP contribution in [0.4, 0.5) is 0 Å². The fraction of sp³-hybridized carbons (Fsp3) is 0.970. The molecule has 3 aliphatic heterocycles. The number of ether oxygens (including phenoxy) is 6. The normalized spacial score (nSPS) is 49.2. The number of likely N-dealkylation sites (N-methyl/N-ethyl adjacent to an activating group) is 1. The van der Waals surface area contributed by atoms with Crippen LogP contribution in [0.2, 0.25) is 0 Å². The van der Waals surface area contributed by atoms with Gasteiger partial charge in [-0.2, -0.15) is 0 Å². The van der Waals surface area contributed by atoms with Crippen molar-refractivity contribution in [1.82, 2.24) is 10.2 Å². The second kappa shape index (κ2) is 17.0. The highest BCUT2D eigenvalue weighted by molar-refractivity contribution is 5.72. The molecule has 0 radical (unpaired) electrons. The van der Waals surface area contributed by atoms with Crippen molar-refractivity contribution < 1.29 is 63.9 Å². The van der Waals surface area contributed by atoms with E-state index in [0.29, 0.717) is 6.42 Å². The van der Waals surface area contributed by atoms with Crippen LogP contribution in [-0.2, 0) is 33.2 Å². The molecule has 17 atom stereocenters. The molecule has 0 spiro atoms. The smallest absolute Gasteiger partial charge is 0.311 e. The first kappa shape index (κ1) is 41.4. The maximum atomic E-state index is 13.6. The first-order valence-electron chi connectivity index (χ1n) is 17.1. The van der Waals surface area contributed by atoms with Crippen LogP contribution in [0.5, 0.6) is 0 Å². The molecule has 0 unspecified atom stereocenters. The van der Waals surface area contributed by atoms with E-state index in [4.69, 9.17) is 28.4 Å². The van der Waals surface area contributed by atoms with Crippen molar-refractivity contribution in [2.24, 2.45) is 11.8 Å². The molecule has 0 bridgehead atoms. The number of hydrogen-bond acceptors (Lipinski definition) is 15. The third kappa shape index (κ3) is 9.84. The molecule has 3 saturated heterocycles. The lowest BCUT2D eigenvalue weighted by molar-refractivity contribution is -0.317. The summed E-state index contributed by atoms with van der Waals surface area (Å²) in [7, 11) is 5.19. The van der Waals surface area contributed by atoms with E-state index in [1.165, 1.54) is 7.11 Å². The molecule has 15 nitrogen and oxygen atoms in total. The Morgan fingerprint density at radius 2 is 1.56 bits per heavy atom. The zero-order chi connectivity index (χ0) is 36.3. The molecule has 282 valence electrons. The molecule has 0 aromatic carbocycles. The lowest BCUT2D eigenvalue weighted by atomic mass is 9.78. The van der Waals surface area contributed by atoms with Crippen LogP contribution >= 0.6 is 0 Å². The largest absolute Gasteiger partial charge is 0.463 e. The second-order valence-corrected chi connectivity index (χ2v) is 14.9. The molecular formula is C33H62N2O13. The van der Waals surface area contributed by atoms with Crippen molar-refractivity contribution in [2.75, 3.05) is 34.4 Å². The average Bonchev–Trinajstić information content (AvgIpc) is 3.01. The number of cyclic esters (lactones) is 1.